The Morgan fingerprint density at radius 3 is 2.83 bits per heavy atom. The van der Waals surface area contributed by atoms with E-state index >= 15 is 0 Å². The Morgan fingerprint density at radius 1 is 1.30 bits per heavy atom. The molecule has 0 bridgehead atoms. The van der Waals surface area contributed by atoms with E-state index in [4.69, 9.17) is 4.74 Å². The van der Waals surface area contributed by atoms with Gasteiger partial charge in [0.2, 0.25) is 5.91 Å². The molecule has 2 aromatic rings. The van der Waals surface area contributed by atoms with E-state index in [1.54, 1.807) is 9.47 Å². The number of carbonyl (C=O) groups is 2. The first kappa shape index (κ1) is 20.5. The van der Waals surface area contributed by atoms with Crippen molar-refractivity contribution in [3.8, 4) is 0 Å². The average molecular weight is 415 g/mol. The Balaban J connectivity index is 1.41. The SMILES string of the molecule is CC(C)(C)OC(=O)N1C[C@H]2CCC[C@@]2(C(=O)NCCn2c(=O)[nH]c3ccccc32)C1. The van der Waals surface area contributed by atoms with Crippen LogP contribution in [0, 0.1) is 11.3 Å². The summed E-state index contributed by atoms with van der Waals surface area (Å²) in [7, 11) is 0. The lowest BCUT2D eigenvalue weighted by atomic mass is 9.80. The number of ether oxygens (including phenoxy) is 1. The zero-order valence-electron chi connectivity index (χ0n) is 17.9. The average Bonchev–Trinajstić information content (AvgIpc) is 3.31. The van der Waals surface area contributed by atoms with Gasteiger partial charge in [-0.05, 0) is 51.7 Å². The van der Waals surface area contributed by atoms with Crippen LogP contribution in [0.15, 0.2) is 29.1 Å². The van der Waals surface area contributed by atoms with E-state index < -0.39 is 11.0 Å². The molecule has 2 N–H and O–H groups in total. The highest BCUT2D eigenvalue weighted by Gasteiger charge is 2.55. The summed E-state index contributed by atoms with van der Waals surface area (Å²) in [5.74, 6) is 0.129. The quantitative estimate of drug-likeness (QED) is 0.803. The summed E-state index contributed by atoms with van der Waals surface area (Å²) in [4.78, 5) is 42.4. The number of H-pyrrole nitrogens is 1. The Hall–Kier alpha value is -2.77. The molecule has 162 valence electrons. The number of fused-ring (bicyclic) bond motifs is 2. The zero-order chi connectivity index (χ0) is 21.5. The van der Waals surface area contributed by atoms with E-state index in [9.17, 15) is 14.4 Å². The summed E-state index contributed by atoms with van der Waals surface area (Å²) in [6, 6.07) is 7.50. The zero-order valence-corrected chi connectivity index (χ0v) is 17.9. The van der Waals surface area contributed by atoms with Crippen LogP contribution in [0.4, 0.5) is 4.79 Å². The normalized spacial score (nSPS) is 23.6. The number of hydrogen-bond acceptors (Lipinski definition) is 4. The van der Waals surface area contributed by atoms with Gasteiger partial charge in [-0.3, -0.25) is 9.36 Å². The van der Waals surface area contributed by atoms with Gasteiger partial charge in [-0.2, -0.15) is 0 Å². The van der Waals surface area contributed by atoms with Gasteiger partial charge in [-0.15, -0.1) is 0 Å². The molecule has 1 saturated carbocycles. The van der Waals surface area contributed by atoms with Crippen molar-refractivity contribution in [1.29, 1.82) is 0 Å². The number of rotatable bonds is 4. The highest BCUT2D eigenvalue weighted by atomic mass is 16.6. The third-order valence-corrected chi connectivity index (χ3v) is 6.28. The minimum Gasteiger partial charge on any atom is -0.444 e. The van der Waals surface area contributed by atoms with Crippen molar-refractivity contribution in [3.63, 3.8) is 0 Å². The summed E-state index contributed by atoms with van der Waals surface area (Å²) in [5, 5.41) is 3.03. The van der Waals surface area contributed by atoms with Gasteiger partial charge >= 0.3 is 11.8 Å². The smallest absolute Gasteiger partial charge is 0.410 e. The largest absolute Gasteiger partial charge is 0.444 e. The van der Waals surface area contributed by atoms with Crippen LogP contribution in [0.2, 0.25) is 0 Å². The molecule has 2 heterocycles. The summed E-state index contributed by atoms with van der Waals surface area (Å²) < 4.78 is 7.15. The molecular weight excluding hydrogens is 384 g/mol. The van der Waals surface area contributed by atoms with Crippen molar-refractivity contribution in [2.75, 3.05) is 19.6 Å². The van der Waals surface area contributed by atoms with Crippen molar-refractivity contribution in [3.05, 3.63) is 34.7 Å². The van der Waals surface area contributed by atoms with Gasteiger partial charge in [0.1, 0.15) is 5.60 Å². The maximum Gasteiger partial charge on any atom is 0.410 e. The molecule has 0 spiro atoms. The summed E-state index contributed by atoms with van der Waals surface area (Å²) in [5.41, 5.74) is 0.316. The summed E-state index contributed by atoms with van der Waals surface area (Å²) in [6.07, 6.45) is 2.35. The van der Waals surface area contributed by atoms with E-state index in [0.717, 1.165) is 30.3 Å². The van der Waals surface area contributed by atoms with Crippen LogP contribution in [-0.4, -0.2) is 51.7 Å². The highest BCUT2D eigenvalue weighted by Crippen LogP contribution is 2.49. The number of aromatic amines is 1. The highest BCUT2D eigenvalue weighted by molar-refractivity contribution is 5.85. The molecule has 4 rings (SSSR count). The van der Waals surface area contributed by atoms with E-state index in [-0.39, 0.29) is 23.6 Å². The molecule has 1 aliphatic heterocycles. The van der Waals surface area contributed by atoms with Gasteiger partial charge in [-0.1, -0.05) is 18.6 Å². The second kappa shape index (κ2) is 7.49. The number of imidazole rings is 1. The van der Waals surface area contributed by atoms with Crippen molar-refractivity contribution in [1.82, 2.24) is 19.8 Å². The molecule has 1 aromatic carbocycles. The first-order valence-corrected chi connectivity index (χ1v) is 10.6. The van der Waals surface area contributed by atoms with Gasteiger partial charge in [0.25, 0.3) is 0 Å². The number of carbonyl (C=O) groups excluding carboxylic acids is 2. The molecule has 1 aliphatic carbocycles. The molecule has 0 unspecified atom stereocenters. The molecule has 2 fully saturated rings. The van der Waals surface area contributed by atoms with Crippen molar-refractivity contribution in [2.24, 2.45) is 11.3 Å². The molecule has 8 nitrogen and oxygen atoms in total. The Kier molecular flexibility index (Phi) is 5.11. The number of hydrogen-bond donors (Lipinski definition) is 2. The van der Waals surface area contributed by atoms with Gasteiger partial charge in [-0.25, -0.2) is 9.59 Å². The van der Waals surface area contributed by atoms with Crippen LogP contribution < -0.4 is 11.0 Å². The predicted molar refractivity (Wildman–Crippen MR) is 113 cm³/mol. The van der Waals surface area contributed by atoms with Crippen LogP contribution in [0.3, 0.4) is 0 Å². The fraction of sp³-hybridized carbons (Fsp3) is 0.591. The van der Waals surface area contributed by atoms with E-state index in [0.29, 0.717) is 26.2 Å². The summed E-state index contributed by atoms with van der Waals surface area (Å²) in [6.45, 7) is 7.24. The molecule has 2 aliphatic rings. The number of nitrogens with zero attached hydrogens (tertiary/aromatic N) is 2. The second-order valence-corrected chi connectivity index (χ2v) is 9.46. The van der Waals surface area contributed by atoms with E-state index in [2.05, 4.69) is 10.3 Å². The van der Waals surface area contributed by atoms with Gasteiger partial charge in [0.15, 0.2) is 0 Å². The van der Waals surface area contributed by atoms with Crippen molar-refractivity contribution >= 4 is 23.0 Å². The first-order valence-electron chi connectivity index (χ1n) is 10.6. The van der Waals surface area contributed by atoms with Crippen molar-refractivity contribution in [2.45, 2.75) is 52.2 Å². The Bertz CT molecular complexity index is 1020. The molecule has 2 amide bonds. The molecule has 1 aromatic heterocycles. The summed E-state index contributed by atoms with van der Waals surface area (Å²) >= 11 is 0. The fourth-order valence-corrected chi connectivity index (χ4v) is 4.91. The van der Waals surface area contributed by atoms with Gasteiger partial charge in [0, 0.05) is 26.2 Å². The monoisotopic (exact) mass is 414 g/mol. The second-order valence-electron chi connectivity index (χ2n) is 9.46. The standard InChI is InChI=1S/C22H30N4O4/c1-21(2,3)30-20(29)25-13-15-7-6-10-22(15,14-25)18(27)23-11-12-26-17-9-5-4-8-16(17)24-19(26)28/h4-5,8-9,15H,6-7,10-14H2,1-3H3,(H,23,27)(H,24,28)/t15-,22-/m1/s1. The maximum atomic E-state index is 13.2. The molecule has 30 heavy (non-hydrogen) atoms. The lowest BCUT2D eigenvalue weighted by Crippen LogP contribution is -2.46. The number of amides is 2. The van der Waals surface area contributed by atoms with Gasteiger partial charge in [0.05, 0.1) is 16.4 Å². The lowest BCUT2D eigenvalue weighted by Gasteiger charge is -2.28. The minimum absolute atomic E-state index is 0.0241. The van der Waals surface area contributed by atoms with Crippen LogP contribution >= 0.6 is 0 Å². The number of benzene rings is 1. The number of para-hydroxylation sites is 2. The maximum absolute atomic E-state index is 13.2. The number of likely N-dealkylation sites (tertiary alicyclic amines) is 1. The van der Waals surface area contributed by atoms with Crippen molar-refractivity contribution < 1.29 is 14.3 Å². The molecule has 0 radical (unpaired) electrons. The van der Waals surface area contributed by atoms with Crippen LogP contribution in [0.1, 0.15) is 40.0 Å². The fourth-order valence-electron chi connectivity index (χ4n) is 4.91. The van der Waals surface area contributed by atoms with Crippen LogP contribution in [0.25, 0.3) is 11.0 Å². The van der Waals surface area contributed by atoms with E-state index in [1.807, 2.05) is 45.0 Å². The first-order chi connectivity index (χ1) is 14.2. The molecular formula is C22H30N4O4. The Morgan fingerprint density at radius 2 is 2.07 bits per heavy atom. The number of nitrogens with one attached hydrogen (secondary N) is 2. The number of aromatic nitrogens is 2. The third-order valence-electron chi connectivity index (χ3n) is 6.28. The van der Waals surface area contributed by atoms with Crippen LogP contribution in [0.5, 0.6) is 0 Å². The minimum atomic E-state index is -0.559. The molecule has 1 saturated heterocycles. The Labute approximate surface area is 175 Å². The predicted octanol–water partition coefficient (Wildman–Crippen LogP) is 2.48. The third kappa shape index (κ3) is 3.70. The molecule has 8 heteroatoms. The molecule has 2 atom stereocenters. The topological polar surface area (TPSA) is 96.4 Å². The van der Waals surface area contributed by atoms with E-state index in [1.165, 1.54) is 0 Å². The lowest BCUT2D eigenvalue weighted by molar-refractivity contribution is -0.131. The van der Waals surface area contributed by atoms with Gasteiger partial charge < -0.3 is 19.9 Å². The van der Waals surface area contributed by atoms with Crippen LogP contribution in [-0.2, 0) is 16.1 Å².